The minimum atomic E-state index is -0.305. The summed E-state index contributed by atoms with van der Waals surface area (Å²) in [5.41, 5.74) is 2.07. The molecule has 8 heteroatoms. The van der Waals surface area contributed by atoms with E-state index in [1.54, 1.807) is 35.2 Å². The summed E-state index contributed by atoms with van der Waals surface area (Å²) in [7, 11) is 0. The summed E-state index contributed by atoms with van der Waals surface area (Å²) in [5, 5.41) is 10.3. The zero-order chi connectivity index (χ0) is 19.3. The van der Waals surface area contributed by atoms with E-state index < -0.39 is 0 Å². The highest BCUT2D eigenvalue weighted by atomic mass is 16.5. The molecule has 0 bridgehead atoms. The molecule has 2 amide bonds. The summed E-state index contributed by atoms with van der Waals surface area (Å²) in [6.45, 7) is 0.511. The summed E-state index contributed by atoms with van der Waals surface area (Å²) in [5.74, 6) is 0.721. The largest absolute Gasteiger partial charge is 0.484 e. The predicted molar refractivity (Wildman–Crippen MR) is 102 cm³/mol. The van der Waals surface area contributed by atoms with Crippen molar-refractivity contribution in [2.75, 3.05) is 23.4 Å². The molecule has 28 heavy (non-hydrogen) atoms. The Morgan fingerprint density at radius 3 is 2.71 bits per heavy atom. The number of amides is 2. The summed E-state index contributed by atoms with van der Waals surface area (Å²) in [6.07, 6.45) is 2.62. The Morgan fingerprint density at radius 1 is 1.18 bits per heavy atom. The lowest BCUT2D eigenvalue weighted by atomic mass is 10.2. The third-order valence-electron chi connectivity index (χ3n) is 4.37. The molecule has 1 aromatic heterocycles. The number of benzene rings is 2. The van der Waals surface area contributed by atoms with Gasteiger partial charge in [0.2, 0.25) is 18.2 Å². The summed E-state index contributed by atoms with van der Waals surface area (Å²) in [4.78, 5) is 26.0. The fraction of sp³-hybridized carbons (Fsp3) is 0.200. The molecule has 0 saturated carbocycles. The van der Waals surface area contributed by atoms with Crippen LogP contribution in [0.4, 0.5) is 11.4 Å². The van der Waals surface area contributed by atoms with Gasteiger partial charge in [0, 0.05) is 18.5 Å². The molecule has 1 N–H and O–H groups in total. The normalized spacial score (nSPS) is 13.6. The highest BCUT2D eigenvalue weighted by Crippen LogP contribution is 2.29. The van der Waals surface area contributed by atoms with E-state index in [0.29, 0.717) is 36.0 Å². The van der Waals surface area contributed by atoms with Crippen molar-refractivity contribution in [2.45, 2.75) is 12.8 Å². The molecule has 3 aromatic rings. The van der Waals surface area contributed by atoms with Gasteiger partial charge in [-0.1, -0.05) is 12.1 Å². The van der Waals surface area contributed by atoms with Crippen molar-refractivity contribution in [1.82, 2.24) is 10.2 Å². The number of hydrogen-bond acceptors (Lipinski definition) is 6. The topological polar surface area (TPSA) is 97.6 Å². The van der Waals surface area contributed by atoms with Crippen molar-refractivity contribution in [3.8, 4) is 17.2 Å². The van der Waals surface area contributed by atoms with Gasteiger partial charge >= 0.3 is 0 Å². The van der Waals surface area contributed by atoms with Crippen molar-refractivity contribution in [2.24, 2.45) is 0 Å². The molecule has 4 rings (SSSR count). The van der Waals surface area contributed by atoms with Crippen molar-refractivity contribution >= 4 is 23.2 Å². The van der Waals surface area contributed by atoms with Crippen LogP contribution in [0.15, 0.2) is 59.3 Å². The van der Waals surface area contributed by atoms with Crippen molar-refractivity contribution in [3.63, 3.8) is 0 Å². The second-order valence-electron chi connectivity index (χ2n) is 6.27. The molecule has 2 aromatic carbocycles. The molecular weight excluding hydrogens is 360 g/mol. The summed E-state index contributed by atoms with van der Waals surface area (Å²) < 4.78 is 10.7. The fourth-order valence-corrected chi connectivity index (χ4v) is 3.05. The maximum absolute atomic E-state index is 12.3. The number of ether oxygens (including phenoxy) is 1. The number of carbonyl (C=O) groups is 2. The van der Waals surface area contributed by atoms with Gasteiger partial charge < -0.3 is 19.4 Å². The predicted octanol–water partition coefficient (Wildman–Crippen LogP) is 2.88. The van der Waals surface area contributed by atoms with Gasteiger partial charge in [-0.3, -0.25) is 9.59 Å². The number of carbonyl (C=O) groups excluding carboxylic acids is 2. The van der Waals surface area contributed by atoms with E-state index in [9.17, 15) is 9.59 Å². The van der Waals surface area contributed by atoms with Crippen LogP contribution in [0.1, 0.15) is 12.8 Å². The second-order valence-corrected chi connectivity index (χ2v) is 6.27. The lowest BCUT2D eigenvalue weighted by Crippen LogP contribution is -2.26. The molecule has 1 saturated heterocycles. The highest BCUT2D eigenvalue weighted by molar-refractivity contribution is 6.02. The molecule has 1 aliphatic heterocycles. The Morgan fingerprint density at radius 2 is 2.00 bits per heavy atom. The van der Waals surface area contributed by atoms with Crippen LogP contribution in [-0.4, -0.2) is 35.2 Å². The van der Waals surface area contributed by atoms with Crippen molar-refractivity contribution in [1.29, 1.82) is 0 Å². The number of nitrogens with zero attached hydrogens (tertiary/aromatic N) is 3. The van der Waals surface area contributed by atoms with E-state index in [1.165, 1.54) is 6.39 Å². The van der Waals surface area contributed by atoms with Crippen molar-refractivity contribution < 1.29 is 18.7 Å². The number of hydrogen-bond donors (Lipinski definition) is 1. The standard InChI is InChI=1S/C20H18N4O4/c25-18(12-27-15-9-7-14(8-10-15)20-23-21-13-28-20)22-16-4-1-2-5-17(16)24-11-3-6-19(24)26/h1-2,4-5,7-10,13H,3,6,11-12H2,(H,22,25). The zero-order valence-corrected chi connectivity index (χ0v) is 15.0. The SMILES string of the molecule is O=C(COc1ccc(-c2nnco2)cc1)Nc1ccccc1N1CCCC1=O. The van der Waals surface area contributed by atoms with Gasteiger partial charge in [0.1, 0.15) is 5.75 Å². The van der Waals surface area contributed by atoms with Gasteiger partial charge in [-0.25, -0.2) is 0 Å². The van der Waals surface area contributed by atoms with Crippen LogP contribution in [0.25, 0.3) is 11.5 Å². The fourth-order valence-electron chi connectivity index (χ4n) is 3.05. The average molecular weight is 378 g/mol. The minimum Gasteiger partial charge on any atom is -0.484 e. The molecular formula is C20H18N4O4. The van der Waals surface area contributed by atoms with E-state index in [4.69, 9.17) is 9.15 Å². The molecule has 0 aliphatic carbocycles. The molecule has 0 spiro atoms. The zero-order valence-electron chi connectivity index (χ0n) is 15.0. The van der Waals surface area contributed by atoms with Gasteiger partial charge in [0.05, 0.1) is 11.4 Å². The Hall–Kier alpha value is -3.68. The number of anilines is 2. The first-order valence-electron chi connectivity index (χ1n) is 8.89. The summed E-state index contributed by atoms with van der Waals surface area (Å²) in [6, 6.07) is 14.3. The van der Waals surface area contributed by atoms with Gasteiger partial charge in [0.15, 0.2) is 6.61 Å². The number of aromatic nitrogens is 2. The Labute approximate surface area is 161 Å². The molecule has 2 heterocycles. The van der Waals surface area contributed by atoms with Crippen LogP contribution >= 0.6 is 0 Å². The van der Waals surface area contributed by atoms with E-state index >= 15 is 0 Å². The minimum absolute atomic E-state index is 0.0688. The smallest absolute Gasteiger partial charge is 0.262 e. The molecule has 0 unspecified atom stereocenters. The van der Waals surface area contributed by atoms with Gasteiger partial charge in [-0.15, -0.1) is 10.2 Å². The van der Waals surface area contributed by atoms with E-state index in [2.05, 4.69) is 15.5 Å². The number of nitrogens with one attached hydrogen (secondary N) is 1. The number of rotatable bonds is 6. The molecule has 1 aliphatic rings. The Kier molecular flexibility index (Phi) is 5.01. The van der Waals surface area contributed by atoms with Crippen LogP contribution in [0.2, 0.25) is 0 Å². The third-order valence-corrected chi connectivity index (χ3v) is 4.37. The molecule has 0 radical (unpaired) electrons. The molecule has 0 atom stereocenters. The molecule has 1 fully saturated rings. The second kappa shape index (κ2) is 7.91. The first-order valence-corrected chi connectivity index (χ1v) is 8.89. The lowest BCUT2D eigenvalue weighted by molar-refractivity contribution is -0.118. The Balaban J connectivity index is 1.37. The van der Waals surface area contributed by atoms with Crippen LogP contribution < -0.4 is 15.0 Å². The van der Waals surface area contributed by atoms with Gasteiger partial charge in [-0.05, 0) is 42.8 Å². The average Bonchev–Trinajstić information content (AvgIpc) is 3.39. The van der Waals surface area contributed by atoms with Crippen molar-refractivity contribution in [3.05, 3.63) is 54.9 Å². The number of para-hydroxylation sites is 2. The quantitative estimate of drug-likeness (QED) is 0.708. The van der Waals surface area contributed by atoms with Crippen LogP contribution in [0, 0.1) is 0 Å². The molecule has 142 valence electrons. The summed E-state index contributed by atoms with van der Waals surface area (Å²) >= 11 is 0. The van der Waals surface area contributed by atoms with E-state index in [1.807, 2.05) is 18.2 Å². The van der Waals surface area contributed by atoms with E-state index in [-0.39, 0.29) is 18.4 Å². The molecule has 8 nitrogen and oxygen atoms in total. The maximum atomic E-state index is 12.3. The lowest BCUT2D eigenvalue weighted by Gasteiger charge is -2.20. The maximum Gasteiger partial charge on any atom is 0.262 e. The Bertz CT molecular complexity index is 970. The highest BCUT2D eigenvalue weighted by Gasteiger charge is 2.24. The van der Waals surface area contributed by atoms with Crippen LogP contribution in [0.5, 0.6) is 5.75 Å². The van der Waals surface area contributed by atoms with Crippen LogP contribution in [-0.2, 0) is 9.59 Å². The van der Waals surface area contributed by atoms with Crippen LogP contribution in [0.3, 0.4) is 0 Å². The van der Waals surface area contributed by atoms with Gasteiger partial charge in [-0.2, -0.15) is 0 Å². The first-order chi connectivity index (χ1) is 13.7. The van der Waals surface area contributed by atoms with Gasteiger partial charge in [0.25, 0.3) is 5.91 Å². The monoisotopic (exact) mass is 378 g/mol. The third kappa shape index (κ3) is 3.85. The van der Waals surface area contributed by atoms with E-state index in [0.717, 1.165) is 12.0 Å². The first kappa shape index (κ1) is 17.7.